The van der Waals surface area contributed by atoms with Gasteiger partial charge in [-0.2, -0.15) is 4.37 Å². The number of aromatic nitrogens is 2. The summed E-state index contributed by atoms with van der Waals surface area (Å²) in [5, 5.41) is 21.1. The number of sulfonamides is 1. The number of phenols is 1. The van der Waals surface area contributed by atoms with Gasteiger partial charge >= 0.3 is 0 Å². The molecular formula is C17H13N5O3S2. The number of hydrogen-bond donors (Lipinski definition) is 2. The summed E-state index contributed by atoms with van der Waals surface area (Å²) in [5.41, 5.74) is 1.37. The molecule has 0 bridgehead atoms. The molecule has 0 saturated heterocycles. The smallest absolute Gasteiger partial charge is 0.229 e. The Labute approximate surface area is 158 Å². The lowest BCUT2D eigenvalue weighted by atomic mass is 10.1. The van der Waals surface area contributed by atoms with E-state index in [0.29, 0.717) is 27.1 Å². The number of nitrogens with zero attached hydrogens (tertiary/aromatic N) is 4. The zero-order valence-electron chi connectivity index (χ0n) is 14.0. The lowest BCUT2D eigenvalue weighted by Crippen LogP contribution is -2.09. The molecule has 136 valence electrons. The summed E-state index contributed by atoms with van der Waals surface area (Å²) in [4.78, 5) is 4.16. The maximum Gasteiger partial charge on any atom is 0.229 e. The van der Waals surface area contributed by atoms with Crippen LogP contribution < -0.4 is 4.72 Å². The first-order valence-electron chi connectivity index (χ1n) is 7.77. The zero-order chi connectivity index (χ0) is 19.0. The number of phenolic OH excluding ortho intramolecular Hbond substituents is 1. The van der Waals surface area contributed by atoms with Crippen LogP contribution in [0.25, 0.3) is 21.8 Å². The van der Waals surface area contributed by atoms with Gasteiger partial charge in [0.15, 0.2) is 10.6 Å². The first kappa shape index (κ1) is 17.3. The molecule has 0 spiro atoms. The van der Waals surface area contributed by atoms with Gasteiger partial charge in [0, 0.05) is 17.0 Å². The molecule has 4 aromatic rings. The van der Waals surface area contributed by atoms with E-state index in [1.807, 2.05) is 6.07 Å². The highest BCUT2D eigenvalue weighted by Gasteiger charge is 2.13. The van der Waals surface area contributed by atoms with Crippen molar-refractivity contribution in [3.63, 3.8) is 0 Å². The monoisotopic (exact) mass is 399 g/mol. The summed E-state index contributed by atoms with van der Waals surface area (Å²) in [6.07, 6.45) is 2.71. The number of aromatic hydroxyl groups is 1. The van der Waals surface area contributed by atoms with Gasteiger partial charge in [-0.05, 0) is 41.9 Å². The molecule has 0 aliphatic carbocycles. The third-order valence-electron chi connectivity index (χ3n) is 3.78. The van der Waals surface area contributed by atoms with Crippen molar-refractivity contribution in [1.82, 2.24) is 9.36 Å². The summed E-state index contributed by atoms with van der Waals surface area (Å²) >= 11 is 1.19. The number of hydrogen-bond acceptors (Lipinski definition) is 8. The Bertz CT molecular complexity index is 1300. The average molecular weight is 399 g/mol. The molecule has 0 saturated carbocycles. The first-order chi connectivity index (χ1) is 12.9. The Morgan fingerprint density at radius 1 is 1.07 bits per heavy atom. The zero-order valence-corrected chi connectivity index (χ0v) is 15.6. The molecule has 27 heavy (non-hydrogen) atoms. The van der Waals surface area contributed by atoms with Crippen LogP contribution in [0, 0.1) is 0 Å². The number of azo groups is 1. The minimum absolute atomic E-state index is 0.0526. The molecule has 0 atom stereocenters. The molecule has 2 N–H and O–H groups in total. The summed E-state index contributed by atoms with van der Waals surface area (Å²) in [6, 6.07) is 11.7. The fourth-order valence-corrected chi connectivity index (χ4v) is 3.91. The van der Waals surface area contributed by atoms with Gasteiger partial charge in [0.2, 0.25) is 10.0 Å². The van der Waals surface area contributed by atoms with E-state index >= 15 is 0 Å². The van der Waals surface area contributed by atoms with Crippen LogP contribution in [0.5, 0.6) is 5.75 Å². The van der Waals surface area contributed by atoms with E-state index in [0.717, 1.165) is 11.6 Å². The third kappa shape index (κ3) is 3.44. The van der Waals surface area contributed by atoms with Crippen LogP contribution in [0.1, 0.15) is 0 Å². The van der Waals surface area contributed by atoms with E-state index in [9.17, 15) is 13.5 Å². The SMILES string of the molecule is CS(=O)(=O)Nc1cccc2c(N=Nc3snc4ncccc34)ccc(O)c12. The summed E-state index contributed by atoms with van der Waals surface area (Å²) in [6.45, 7) is 0. The number of anilines is 1. The van der Waals surface area contributed by atoms with Crippen molar-refractivity contribution in [1.29, 1.82) is 0 Å². The lowest BCUT2D eigenvalue weighted by molar-refractivity contribution is 0.482. The standard InChI is InChI=1S/C17H13N5O3S2/c1-27(24,25)22-13-6-2-4-10-12(7-8-14(23)15(10)13)19-20-17-11-5-3-9-18-16(11)21-26-17/h2-9,22-23H,1H3. The fourth-order valence-electron chi connectivity index (χ4n) is 2.69. The molecule has 0 aliphatic heterocycles. The highest BCUT2D eigenvalue weighted by Crippen LogP contribution is 2.39. The van der Waals surface area contributed by atoms with Crippen molar-refractivity contribution in [2.45, 2.75) is 0 Å². The molecular weight excluding hydrogens is 386 g/mol. The van der Waals surface area contributed by atoms with E-state index in [2.05, 4.69) is 24.3 Å². The van der Waals surface area contributed by atoms with E-state index in [1.165, 1.54) is 17.6 Å². The van der Waals surface area contributed by atoms with E-state index in [4.69, 9.17) is 0 Å². The first-order valence-corrected chi connectivity index (χ1v) is 10.4. The molecule has 4 rings (SSSR count). The molecule has 0 unspecified atom stereocenters. The van der Waals surface area contributed by atoms with Gasteiger partial charge in [0.25, 0.3) is 0 Å². The highest BCUT2D eigenvalue weighted by molar-refractivity contribution is 7.92. The largest absolute Gasteiger partial charge is 0.507 e. The average Bonchev–Trinajstić information content (AvgIpc) is 3.03. The maximum atomic E-state index is 11.6. The quantitative estimate of drug-likeness (QED) is 0.495. The molecule has 2 aromatic carbocycles. The Hall–Kier alpha value is -3.11. The Morgan fingerprint density at radius 2 is 1.89 bits per heavy atom. The molecule has 2 aromatic heterocycles. The topological polar surface area (TPSA) is 117 Å². The molecule has 0 aliphatic rings. The molecule has 0 fully saturated rings. The lowest BCUT2D eigenvalue weighted by Gasteiger charge is -2.10. The van der Waals surface area contributed by atoms with Gasteiger partial charge in [-0.25, -0.2) is 13.4 Å². The van der Waals surface area contributed by atoms with Crippen molar-refractivity contribution in [2.24, 2.45) is 10.2 Å². The molecule has 8 nitrogen and oxygen atoms in total. The normalized spacial score (nSPS) is 12.2. The third-order valence-corrected chi connectivity index (χ3v) is 5.10. The van der Waals surface area contributed by atoms with Crippen molar-refractivity contribution < 1.29 is 13.5 Å². The van der Waals surface area contributed by atoms with Crippen molar-refractivity contribution in [3.8, 4) is 5.75 Å². The highest BCUT2D eigenvalue weighted by atomic mass is 32.2. The van der Waals surface area contributed by atoms with Gasteiger partial charge in [-0.3, -0.25) is 4.72 Å². The van der Waals surface area contributed by atoms with Crippen molar-refractivity contribution in [3.05, 3.63) is 48.7 Å². The van der Waals surface area contributed by atoms with Crippen molar-refractivity contribution >= 4 is 59.7 Å². The molecule has 10 heteroatoms. The molecule has 2 heterocycles. The number of benzene rings is 2. The fraction of sp³-hybridized carbons (Fsp3) is 0.0588. The number of rotatable bonds is 4. The summed E-state index contributed by atoms with van der Waals surface area (Å²) in [5.74, 6) is -0.0526. The van der Waals surface area contributed by atoms with Crippen LogP contribution in [-0.2, 0) is 10.0 Å². The summed E-state index contributed by atoms with van der Waals surface area (Å²) < 4.78 is 29.8. The van der Waals surface area contributed by atoms with E-state index in [1.54, 1.807) is 36.5 Å². The van der Waals surface area contributed by atoms with Gasteiger partial charge in [-0.15, -0.1) is 10.2 Å². The Morgan fingerprint density at radius 3 is 2.70 bits per heavy atom. The Kier molecular flexibility index (Phi) is 4.21. The van der Waals surface area contributed by atoms with Crippen LogP contribution in [0.15, 0.2) is 58.9 Å². The molecule has 0 amide bonds. The number of pyridine rings is 1. The van der Waals surface area contributed by atoms with Crippen LogP contribution in [0.3, 0.4) is 0 Å². The number of fused-ring (bicyclic) bond motifs is 2. The second-order valence-electron chi connectivity index (χ2n) is 5.77. The van der Waals surface area contributed by atoms with Crippen molar-refractivity contribution in [2.75, 3.05) is 11.0 Å². The van der Waals surface area contributed by atoms with Gasteiger partial charge < -0.3 is 5.11 Å². The van der Waals surface area contributed by atoms with Gasteiger partial charge in [0.05, 0.1) is 23.0 Å². The van der Waals surface area contributed by atoms with E-state index in [-0.39, 0.29) is 11.4 Å². The second-order valence-corrected chi connectivity index (χ2v) is 8.27. The van der Waals surface area contributed by atoms with Crippen LogP contribution in [-0.4, -0.2) is 29.1 Å². The minimum atomic E-state index is -3.50. The predicted molar refractivity (Wildman–Crippen MR) is 106 cm³/mol. The van der Waals surface area contributed by atoms with Crippen LogP contribution in [0.4, 0.5) is 16.4 Å². The van der Waals surface area contributed by atoms with Gasteiger partial charge in [0.1, 0.15) is 5.75 Å². The maximum absolute atomic E-state index is 11.6. The predicted octanol–water partition coefficient (Wildman–Crippen LogP) is 4.34. The van der Waals surface area contributed by atoms with Crippen LogP contribution in [0.2, 0.25) is 0 Å². The second kappa shape index (κ2) is 6.56. The number of nitrogens with one attached hydrogen (secondary N) is 1. The Balaban J connectivity index is 1.83. The van der Waals surface area contributed by atoms with E-state index < -0.39 is 10.0 Å². The molecule has 0 radical (unpaired) electrons. The minimum Gasteiger partial charge on any atom is -0.507 e. The summed E-state index contributed by atoms with van der Waals surface area (Å²) in [7, 11) is -3.50. The van der Waals surface area contributed by atoms with Gasteiger partial charge in [-0.1, -0.05) is 12.1 Å². The van der Waals surface area contributed by atoms with Crippen LogP contribution >= 0.6 is 11.5 Å².